The van der Waals surface area contributed by atoms with Crippen LogP contribution in [0.2, 0.25) is 0 Å². The van der Waals surface area contributed by atoms with E-state index in [2.05, 4.69) is 25.5 Å². The van der Waals surface area contributed by atoms with Crippen molar-refractivity contribution in [3.05, 3.63) is 60.4 Å². The van der Waals surface area contributed by atoms with Gasteiger partial charge in [0, 0.05) is 37.3 Å². The molecule has 0 bridgehead atoms. The number of hydrogen-bond acceptors (Lipinski definition) is 8. The number of fused-ring (bicyclic) bond motifs is 1. The fourth-order valence-corrected chi connectivity index (χ4v) is 4.29. The maximum Gasteiger partial charge on any atom is 0.226 e. The Hall–Kier alpha value is -3.46. The van der Waals surface area contributed by atoms with Crippen LogP contribution in [-0.4, -0.2) is 68.3 Å². The number of nitrogens with one attached hydrogen (secondary N) is 2. The fraction of sp³-hybridized carbons (Fsp3) is 0.292. The van der Waals surface area contributed by atoms with Crippen LogP contribution in [0, 0.1) is 0 Å². The van der Waals surface area contributed by atoms with Gasteiger partial charge in [-0.2, -0.15) is 9.97 Å². The summed E-state index contributed by atoms with van der Waals surface area (Å²) in [5.41, 5.74) is 3.03. The quantitative estimate of drug-likeness (QED) is 0.245. The summed E-state index contributed by atoms with van der Waals surface area (Å²) in [6.07, 6.45) is 2.44. The zero-order valence-corrected chi connectivity index (χ0v) is 20.9. The number of imidazole rings is 1. The molecule has 0 aliphatic heterocycles. The second kappa shape index (κ2) is 10.4. The molecule has 0 aliphatic rings. The van der Waals surface area contributed by atoms with Gasteiger partial charge in [0.05, 0.1) is 6.33 Å². The molecule has 4 rings (SSSR count). The molecule has 1 unspecified atom stereocenters. The monoisotopic (exact) mass is 495 g/mol. The Bertz CT molecular complexity index is 1350. The third kappa shape index (κ3) is 6.36. The van der Waals surface area contributed by atoms with Crippen molar-refractivity contribution in [1.82, 2.24) is 24.4 Å². The van der Waals surface area contributed by atoms with E-state index in [1.54, 1.807) is 42.7 Å². The molecule has 4 N–H and O–H groups in total. The average Bonchev–Trinajstić information content (AvgIpc) is 3.20. The number of likely N-dealkylation sites (N-methyl/N-ethyl adjacent to an activating group) is 1. The highest BCUT2D eigenvalue weighted by atomic mass is 31.2. The summed E-state index contributed by atoms with van der Waals surface area (Å²) in [6, 6.07) is 14.0. The van der Waals surface area contributed by atoms with E-state index < -0.39 is 7.37 Å². The molecule has 0 saturated carbocycles. The van der Waals surface area contributed by atoms with Gasteiger partial charge in [0.2, 0.25) is 13.3 Å². The van der Waals surface area contributed by atoms with Crippen LogP contribution < -0.4 is 15.9 Å². The smallest absolute Gasteiger partial charge is 0.226 e. The first-order valence-corrected chi connectivity index (χ1v) is 13.4. The molecule has 0 saturated heterocycles. The lowest BCUT2D eigenvalue weighted by Gasteiger charge is -2.13. The molecule has 2 heterocycles. The van der Waals surface area contributed by atoms with Crippen molar-refractivity contribution in [2.75, 3.05) is 44.5 Å². The molecule has 2 aromatic carbocycles. The molecule has 0 radical (unpaired) electrons. The van der Waals surface area contributed by atoms with E-state index >= 15 is 0 Å². The van der Waals surface area contributed by atoms with Crippen molar-refractivity contribution in [2.45, 2.75) is 13.0 Å². The Morgan fingerprint density at radius 1 is 1.11 bits per heavy atom. The van der Waals surface area contributed by atoms with E-state index in [0.717, 1.165) is 17.8 Å². The summed E-state index contributed by atoms with van der Waals surface area (Å²) in [4.78, 5) is 25.8. The number of benzene rings is 2. The number of phenolic OH excluding ortho intramolecular Hbond substituents is 1. The van der Waals surface area contributed by atoms with Crippen LogP contribution in [0.4, 0.5) is 17.5 Å². The maximum atomic E-state index is 11.9. The minimum absolute atomic E-state index is 0.242. The van der Waals surface area contributed by atoms with Gasteiger partial charge in [-0.15, -0.1) is 0 Å². The second-order valence-electron chi connectivity index (χ2n) is 8.71. The Morgan fingerprint density at radius 3 is 2.57 bits per heavy atom. The number of aromatic hydroxyl groups is 1. The highest BCUT2D eigenvalue weighted by molar-refractivity contribution is 7.65. The van der Waals surface area contributed by atoms with Crippen LogP contribution in [0.25, 0.3) is 11.2 Å². The van der Waals surface area contributed by atoms with Crippen molar-refractivity contribution in [3.63, 3.8) is 0 Å². The highest BCUT2D eigenvalue weighted by Gasteiger charge is 2.16. The molecular formula is C24H30N7O3P. The molecule has 184 valence electrons. The number of nitrogens with zero attached hydrogens (tertiary/aromatic N) is 5. The molecule has 0 amide bonds. The van der Waals surface area contributed by atoms with Gasteiger partial charge in [-0.3, -0.25) is 4.57 Å². The molecule has 0 fully saturated rings. The van der Waals surface area contributed by atoms with E-state index in [1.165, 1.54) is 6.66 Å². The fourth-order valence-electron chi connectivity index (χ4n) is 3.59. The standard InChI is InChI=1S/C24H30N7O3P/c1-30(2)14-12-25-24-28-22(27-18-7-9-20(10-8-18)35(3,33)34)21-23(29-24)31(16-26-21)13-11-17-5-4-6-19(32)15-17/h4-10,15-16,32H,11-14H2,1-3H3,(H,33,34)(H2,25,27,28,29). The number of aromatic nitrogens is 4. The van der Waals surface area contributed by atoms with Gasteiger partial charge in [0.1, 0.15) is 5.75 Å². The predicted octanol–water partition coefficient (Wildman–Crippen LogP) is 3.02. The predicted molar refractivity (Wildman–Crippen MR) is 139 cm³/mol. The van der Waals surface area contributed by atoms with Gasteiger partial charge in [0.15, 0.2) is 17.0 Å². The third-order valence-corrected chi connectivity index (χ3v) is 6.72. The molecule has 4 aromatic rings. The van der Waals surface area contributed by atoms with E-state index in [9.17, 15) is 14.6 Å². The van der Waals surface area contributed by atoms with Gasteiger partial charge in [-0.25, -0.2) is 4.98 Å². The van der Waals surface area contributed by atoms with Crippen molar-refractivity contribution in [3.8, 4) is 5.75 Å². The van der Waals surface area contributed by atoms with Crippen molar-refractivity contribution >= 4 is 41.3 Å². The molecule has 0 spiro atoms. The SMILES string of the molecule is CN(C)CCNc1nc(Nc2ccc(P(C)(=O)O)cc2)c2ncn(CCc3cccc(O)c3)c2n1. The normalized spacial score (nSPS) is 13.2. The van der Waals surface area contributed by atoms with Crippen LogP contribution in [0.3, 0.4) is 0 Å². The van der Waals surface area contributed by atoms with Gasteiger partial charge in [-0.05, 0) is 62.5 Å². The Kier molecular flexibility index (Phi) is 7.35. The van der Waals surface area contributed by atoms with E-state index in [-0.39, 0.29) is 5.75 Å². The molecule has 1 atom stereocenters. The van der Waals surface area contributed by atoms with E-state index in [4.69, 9.17) is 4.98 Å². The zero-order chi connectivity index (χ0) is 25.0. The van der Waals surface area contributed by atoms with E-state index in [1.807, 2.05) is 30.8 Å². The maximum absolute atomic E-state index is 11.9. The molecule has 0 aliphatic carbocycles. The molecule has 11 heteroatoms. The molecule has 10 nitrogen and oxygen atoms in total. The average molecular weight is 496 g/mol. The van der Waals surface area contributed by atoms with Crippen LogP contribution in [0.1, 0.15) is 5.56 Å². The topological polar surface area (TPSA) is 128 Å². The summed E-state index contributed by atoms with van der Waals surface area (Å²) < 4.78 is 13.9. The second-order valence-corrected chi connectivity index (χ2v) is 11.0. The number of aryl methyl sites for hydroxylation is 2. The Balaban J connectivity index is 1.63. The first-order valence-electron chi connectivity index (χ1n) is 11.3. The number of rotatable bonds is 10. The van der Waals surface area contributed by atoms with E-state index in [0.29, 0.717) is 47.7 Å². The summed E-state index contributed by atoms with van der Waals surface area (Å²) in [6.45, 7) is 3.44. The van der Waals surface area contributed by atoms with Crippen molar-refractivity contribution in [2.24, 2.45) is 0 Å². The molecular weight excluding hydrogens is 465 g/mol. The summed E-state index contributed by atoms with van der Waals surface area (Å²) in [7, 11) is 0.681. The minimum Gasteiger partial charge on any atom is -0.508 e. The largest absolute Gasteiger partial charge is 0.508 e. The van der Waals surface area contributed by atoms with Crippen molar-refractivity contribution in [1.29, 1.82) is 0 Å². The lowest BCUT2D eigenvalue weighted by atomic mass is 10.1. The Labute approximate surface area is 204 Å². The molecule has 2 aromatic heterocycles. The summed E-state index contributed by atoms with van der Waals surface area (Å²) >= 11 is 0. The van der Waals surface area contributed by atoms with Crippen LogP contribution in [-0.2, 0) is 17.5 Å². The zero-order valence-electron chi connectivity index (χ0n) is 20.0. The van der Waals surface area contributed by atoms with Crippen molar-refractivity contribution < 1.29 is 14.6 Å². The highest BCUT2D eigenvalue weighted by Crippen LogP contribution is 2.34. The summed E-state index contributed by atoms with van der Waals surface area (Å²) in [5, 5.41) is 16.7. The van der Waals surface area contributed by atoms with Crippen LogP contribution in [0.15, 0.2) is 54.9 Å². The Morgan fingerprint density at radius 2 is 1.89 bits per heavy atom. The minimum atomic E-state index is -3.32. The first kappa shape index (κ1) is 24.7. The van der Waals surface area contributed by atoms with Crippen LogP contribution in [0.5, 0.6) is 5.75 Å². The first-order chi connectivity index (χ1) is 16.7. The van der Waals surface area contributed by atoms with Gasteiger partial charge in [0.25, 0.3) is 0 Å². The van der Waals surface area contributed by atoms with Gasteiger partial charge in [-0.1, -0.05) is 12.1 Å². The number of hydrogen-bond donors (Lipinski definition) is 4. The number of anilines is 3. The van der Waals surface area contributed by atoms with Crippen LogP contribution >= 0.6 is 7.37 Å². The molecule has 35 heavy (non-hydrogen) atoms. The third-order valence-electron chi connectivity index (χ3n) is 5.47. The van der Waals surface area contributed by atoms with Gasteiger partial charge < -0.3 is 30.1 Å². The summed E-state index contributed by atoms with van der Waals surface area (Å²) in [5.74, 6) is 1.26. The number of phenols is 1. The lowest BCUT2D eigenvalue weighted by molar-refractivity contribution is 0.425. The lowest BCUT2D eigenvalue weighted by Crippen LogP contribution is -2.21. The van der Waals surface area contributed by atoms with Gasteiger partial charge >= 0.3 is 0 Å².